The van der Waals surface area contributed by atoms with Gasteiger partial charge >= 0.3 is 0 Å². The van der Waals surface area contributed by atoms with E-state index in [-0.39, 0.29) is 110 Å². The van der Waals surface area contributed by atoms with E-state index in [0.717, 1.165) is 50.6 Å². The first-order chi connectivity index (χ1) is 36.1. The Kier molecular flexibility index (Phi) is 15.3. The second-order valence-corrected chi connectivity index (χ2v) is 21.8. The molecule has 3 unspecified atom stereocenters. The highest BCUT2D eigenvalue weighted by Gasteiger charge is 2.50. The van der Waals surface area contributed by atoms with Gasteiger partial charge in [0, 0.05) is 91.2 Å². The van der Waals surface area contributed by atoms with E-state index in [0.29, 0.717) is 62.8 Å². The van der Waals surface area contributed by atoms with Crippen molar-refractivity contribution >= 4 is 57.7 Å². The van der Waals surface area contributed by atoms with E-state index in [1.807, 2.05) is 42.2 Å². The van der Waals surface area contributed by atoms with E-state index in [1.54, 1.807) is 13.1 Å². The summed E-state index contributed by atoms with van der Waals surface area (Å²) in [4.78, 5) is 55.6. The number of nitrogens with zero attached hydrogens (tertiary/aromatic N) is 4. The third-order valence-corrected chi connectivity index (χ3v) is 17.5. The summed E-state index contributed by atoms with van der Waals surface area (Å²) in [6.45, 7) is 5.44. The normalized spacial score (nSPS) is 23.8. The second kappa shape index (κ2) is 21.7. The monoisotopic (exact) mass is 1070 g/mol. The molecule has 75 heavy (non-hydrogen) atoms. The number of nitrogens with one attached hydrogen (secondary N) is 2. The third kappa shape index (κ3) is 9.99. The van der Waals surface area contributed by atoms with Gasteiger partial charge in [-0.2, -0.15) is 5.10 Å². The SMILES string of the molecule is CC1c2c(cc(Cl)c(Cl)c2-c2c(C(N)=O)ccc(OCCO)c2F)OC1(CNC1CCC(C(=O)N2CCC(CN3CCC(c4c(F)cc5c(C6CCC(=O)NC6=O)nn(C)c5c4F)CC3)CC2)CC1)c1ccccc1. The molecule has 0 bridgehead atoms. The summed E-state index contributed by atoms with van der Waals surface area (Å²) in [5.74, 6) is -4.73. The number of halogens is 5. The molecule has 14 nitrogen and oxygen atoms in total. The minimum absolute atomic E-state index is 0.0208. The second-order valence-electron chi connectivity index (χ2n) is 21.0. The number of carbonyl (C=O) groups is 4. The molecule has 398 valence electrons. The number of ether oxygens (including phenoxy) is 2. The number of aliphatic hydroxyl groups is 1. The van der Waals surface area contributed by atoms with E-state index in [9.17, 15) is 24.3 Å². The molecule has 10 rings (SSSR count). The van der Waals surface area contributed by atoms with Crippen molar-refractivity contribution < 1.29 is 46.9 Å². The van der Waals surface area contributed by atoms with E-state index >= 15 is 13.2 Å². The molecule has 4 aromatic carbocycles. The van der Waals surface area contributed by atoms with E-state index < -0.39 is 46.7 Å². The van der Waals surface area contributed by atoms with Crippen LogP contribution >= 0.6 is 23.2 Å². The van der Waals surface area contributed by atoms with Crippen molar-refractivity contribution in [2.75, 3.05) is 52.5 Å². The molecular formula is C56H62Cl2F3N7O7. The van der Waals surface area contributed by atoms with E-state index in [2.05, 4.69) is 20.6 Å². The Morgan fingerprint density at radius 3 is 2.32 bits per heavy atom. The number of imide groups is 1. The smallest absolute Gasteiger partial charge is 0.249 e. The Morgan fingerprint density at radius 1 is 0.920 bits per heavy atom. The van der Waals surface area contributed by atoms with Gasteiger partial charge in [0.15, 0.2) is 23.0 Å². The molecule has 0 spiro atoms. The lowest BCUT2D eigenvalue weighted by atomic mass is 9.77. The average Bonchev–Trinajstić information content (AvgIpc) is 3.88. The van der Waals surface area contributed by atoms with Crippen molar-refractivity contribution in [1.29, 1.82) is 0 Å². The van der Waals surface area contributed by atoms with Gasteiger partial charge in [-0.05, 0) is 106 Å². The number of carbonyl (C=O) groups excluding carboxylic acids is 4. The lowest BCUT2D eigenvalue weighted by Gasteiger charge is -2.40. The van der Waals surface area contributed by atoms with Crippen molar-refractivity contribution in [3.05, 3.63) is 110 Å². The van der Waals surface area contributed by atoms with Gasteiger partial charge in [0.1, 0.15) is 23.7 Å². The number of rotatable bonds is 14. The molecular weight excluding hydrogens is 1010 g/mol. The van der Waals surface area contributed by atoms with Gasteiger partial charge in [-0.25, -0.2) is 13.2 Å². The zero-order valence-electron chi connectivity index (χ0n) is 42.0. The molecule has 1 aromatic heterocycles. The minimum Gasteiger partial charge on any atom is -0.488 e. The predicted octanol–water partition coefficient (Wildman–Crippen LogP) is 8.61. The highest BCUT2D eigenvalue weighted by atomic mass is 35.5. The predicted molar refractivity (Wildman–Crippen MR) is 277 cm³/mol. The molecule has 0 radical (unpaired) electrons. The van der Waals surface area contributed by atoms with Crippen molar-refractivity contribution in [1.82, 2.24) is 30.2 Å². The van der Waals surface area contributed by atoms with Crippen molar-refractivity contribution in [3.8, 4) is 22.6 Å². The number of aryl methyl sites for hydroxylation is 1. The Hall–Kier alpha value is -5.72. The number of amides is 4. The maximum absolute atomic E-state index is 16.6. The largest absolute Gasteiger partial charge is 0.488 e. The molecule has 1 aliphatic carbocycles. The highest BCUT2D eigenvalue weighted by molar-refractivity contribution is 6.44. The van der Waals surface area contributed by atoms with Crippen LogP contribution in [0, 0.1) is 29.3 Å². The fraction of sp³-hybridized carbons (Fsp3) is 0.482. The van der Waals surface area contributed by atoms with Crippen LogP contribution in [-0.4, -0.2) is 107 Å². The lowest BCUT2D eigenvalue weighted by molar-refractivity contribution is -0.138. The fourth-order valence-electron chi connectivity index (χ4n) is 12.7. The van der Waals surface area contributed by atoms with Gasteiger partial charge in [-0.3, -0.25) is 29.2 Å². The molecule has 1 saturated carbocycles. The van der Waals surface area contributed by atoms with Crippen LogP contribution in [0.1, 0.15) is 122 Å². The molecule has 5 heterocycles. The van der Waals surface area contributed by atoms with Crippen LogP contribution in [0.2, 0.25) is 10.0 Å². The maximum Gasteiger partial charge on any atom is 0.249 e. The summed E-state index contributed by atoms with van der Waals surface area (Å²) in [6.07, 6.45) is 6.36. The van der Waals surface area contributed by atoms with Gasteiger partial charge in [0.25, 0.3) is 0 Å². The molecule has 19 heteroatoms. The Bertz CT molecular complexity index is 3030. The summed E-state index contributed by atoms with van der Waals surface area (Å²) < 4.78 is 62.5. The average molecular weight is 1070 g/mol. The first kappa shape index (κ1) is 52.7. The van der Waals surface area contributed by atoms with Crippen LogP contribution in [0.5, 0.6) is 11.5 Å². The molecule has 4 aliphatic heterocycles. The lowest BCUT2D eigenvalue weighted by Crippen LogP contribution is -2.49. The van der Waals surface area contributed by atoms with Gasteiger partial charge in [0.05, 0.1) is 33.8 Å². The van der Waals surface area contributed by atoms with Crippen LogP contribution in [-0.2, 0) is 27.0 Å². The summed E-state index contributed by atoms with van der Waals surface area (Å²) in [5.41, 5.74) is 6.60. The number of nitrogens with two attached hydrogens (primary N) is 1. The zero-order valence-corrected chi connectivity index (χ0v) is 43.6. The Labute approximate surface area is 443 Å². The molecule has 5 aromatic rings. The van der Waals surface area contributed by atoms with Crippen LogP contribution < -0.4 is 25.8 Å². The first-order valence-corrected chi connectivity index (χ1v) is 26.9. The quantitative estimate of drug-likeness (QED) is 0.0787. The fourth-order valence-corrected chi connectivity index (χ4v) is 13.1. The van der Waals surface area contributed by atoms with Crippen LogP contribution in [0.15, 0.2) is 54.6 Å². The molecule has 5 N–H and O–H groups in total. The maximum atomic E-state index is 16.6. The number of fused-ring (bicyclic) bond motifs is 2. The number of piperidine rings is 3. The molecule has 4 fully saturated rings. The highest BCUT2D eigenvalue weighted by Crippen LogP contribution is 2.57. The number of hydrogen-bond acceptors (Lipinski definition) is 10. The van der Waals surface area contributed by atoms with Gasteiger partial charge < -0.3 is 35.4 Å². The summed E-state index contributed by atoms with van der Waals surface area (Å²) >= 11 is 13.7. The Morgan fingerprint density at radius 2 is 1.64 bits per heavy atom. The van der Waals surface area contributed by atoms with Gasteiger partial charge in [0.2, 0.25) is 23.6 Å². The van der Waals surface area contributed by atoms with Crippen LogP contribution in [0.4, 0.5) is 13.2 Å². The van der Waals surface area contributed by atoms with Crippen LogP contribution in [0.25, 0.3) is 22.0 Å². The number of likely N-dealkylation sites (tertiary alicyclic amines) is 2. The van der Waals surface area contributed by atoms with Crippen molar-refractivity contribution in [3.63, 3.8) is 0 Å². The van der Waals surface area contributed by atoms with Crippen LogP contribution in [0.3, 0.4) is 0 Å². The van der Waals surface area contributed by atoms with Crippen molar-refractivity contribution in [2.24, 2.45) is 24.6 Å². The third-order valence-electron chi connectivity index (χ3n) is 16.7. The molecule has 3 saturated heterocycles. The number of benzene rings is 4. The molecule has 5 aliphatic rings. The van der Waals surface area contributed by atoms with E-state index in [1.165, 1.54) is 22.9 Å². The van der Waals surface area contributed by atoms with Gasteiger partial charge in [-0.15, -0.1) is 0 Å². The number of primary amides is 1. The van der Waals surface area contributed by atoms with Gasteiger partial charge in [-0.1, -0.05) is 60.5 Å². The Balaban J connectivity index is 0.739. The number of aliphatic hydroxyl groups excluding tert-OH is 1. The number of aromatic nitrogens is 2. The minimum atomic E-state index is -1.02. The number of hydrogen-bond donors (Lipinski definition) is 4. The molecule has 3 atom stereocenters. The zero-order chi connectivity index (χ0) is 52.9. The summed E-state index contributed by atoms with van der Waals surface area (Å²) in [7, 11) is 1.59. The topological polar surface area (TPSA) is 181 Å². The molecule has 4 amide bonds. The first-order valence-electron chi connectivity index (χ1n) is 26.1. The summed E-state index contributed by atoms with van der Waals surface area (Å²) in [5, 5.41) is 20.3. The standard InChI is InChI=1S/C56H62Cl2F3N7O7/c1-30-44-42(27-39(57)48(58)47(44)46-36(53(62)71)12-14-41(49(46)60)74-25-24-69)75-56(30,34-6-4-3-5-7-34)29-63-35-10-8-33(9-11-35)55(73)68-22-16-31(17-23-68)28-67-20-18-32(19-21-67)45-40(59)26-38-51(65-66(2)52(38)50(45)61)37-13-15-43(70)64-54(37)72/h3-7,12,14,26-27,30-33,35,37,63,69H,8-11,13,15-25,28-29H2,1-2H3,(H2,62,71)(H,64,70,72). The van der Waals surface area contributed by atoms with Crippen molar-refractivity contribution in [2.45, 2.75) is 101 Å². The van der Waals surface area contributed by atoms with E-state index in [4.69, 9.17) is 38.4 Å². The summed E-state index contributed by atoms with van der Waals surface area (Å²) in [6, 6.07) is 15.4.